The number of terminal acetylenes is 1. The first-order chi connectivity index (χ1) is 20.1. The van der Waals surface area contributed by atoms with Crippen LogP contribution >= 0.6 is 0 Å². The lowest BCUT2D eigenvalue weighted by Crippen LogP contribution is -2.23. The summed E-state index contributed by atoms with van der Waals surface area (Å²) < 4.78 is 0. The lowest BCUT2D eigenvalue weighted by atomic mass is 9.69. The molecule has 0 aromatic heterocycles. The molecule has 5 rings (SSSR count). The van der Waals surface area contributed by atoms with Gasteiger partial charge in [-0.15, -0.1) is 6.42 Å². The number of aryl methyl sites for hydroxylation is 2. The summed E-state index contributed by atoms with van der Waals surface area (Å²) >= 11 is 0. The molecule has 0 aliphatic heterocycles. The van der Waals surface area contributed by atoms with Gasteiger partial charge in [0.2, 0.25) is 0 Å². The van der Waals surface area contributed by atoms with Crippen molar-refractivity contribution in [3.05, 3.63) is 154 Å². The van der Waals surface area contributed by atoms with Crippen molar-refractivity contribution in [1.29, 1.82) is 0 Å². The Morgan fingerprint density at radius 1 is 0.756 bits per heavy atom. The second-order valence-electron chi connectivity index (χ2n) is 12.0. The van der Waals surface area contributed by atoms with Gasteiger partial charge in [0.1, 0.15) is 0 Å². The zero-order valence-electron chi connectivity index (χ0n) is 24.7. The Bertz CT molecular complexity index is 1420. The van der Waals surface area contributed by atoms with Gasteiger partial charge in [-0.05, 0) is 115 Å². The molecule has 0 radical (unpaired) electrons. The highest BCUT2D eigenvalue weighted by Crippen LogP contribution is 2.43. The highest BCUT2D eigenvalue weighted by atomic mass is 14.3. The van der Waals surface area contributed by atoms with E-state index in [1.54, 1.807) is 0 Å². The van der Waals surface area contributed by atoms with Crippen molar-refractivity contribution in [2.24, 2.45) is 11.8 Å². The predicted octanol–water partition coefficient (Wildman–Crippen LogP) is 10.1. The Hall–Kier alpha value is -3.82. The first-order valence-corrected chi connectivity index (χ1v) is 15.5. The Kier molecular flexibility index (Phi) is 9.93. The van der Waals surface area contributed by atoms with Crippen molar-refractivity contribution in [3.8, 4) is 12.3 Å². The normalized spacial score (nSPS) is 17.5. The lowest BCUT2D eigenvalue weighted by Gasteiger charge is -2.35. The molecule has 0 amide bonds. The van der Waals surface area contributed by atoms with E-state index < -0.39 is 0 Å². The minimum Gasteiger partial charge on any atom is -0.115 e. The third-order valence-electron chi connectivity index (χ3n) is 9.17. The van der Waals surface area contributed by atoms with Gasteiger partial charge in [-0.25, -0.2) is 0 Å². The summed E-state index contributed by atoms with van der Waals surface area (Å²) in [5.74, 6) is 4.57. The third kappa shape index (κ3) is 7.89. The van der Waals surface area contributed by atoms with Crippen LogP contribution in [0, 0.1) is 24.2 Å². The van der Waals surface area contributed by atoms with Gasteiger partial charge in [0.25, 0.3) is 0 Å². The molecule has 1 atom stereocenters. The number of hydrogen-bond donors (Lipinski definition) is 0. The van der Waals surface area contributed by atoms with Crippen LogP contribution in [0.2, 0.25) is 0 Å². The number of benzene rings is 4. The van der Waals surface area contributed by atoms with Crippen LogP contribution in [0.25, 0.3) is 0 Å². The van der Waals surface area contributed by atoms with Crippen LogP contribution in [0.1, 0.15) is 83.9 Å². The number of hydrogen-bond acceptors (Lipinski definition) is 0. The van der Waals surface area contributed by atoms with Gasteiger partial charge < -0.3 is 0 Å². The molecule has 1 aliphatic carbocycles. The monoisotopic (exact) mass is 536 g/mol. The fourth-order valence-electron chi connectivity index (χ4n) is 6.78. The molecular weight excluding hydrogens is 492 g/mol. The minimum atomic E-state index is 0.423. The highest BCUT2D eigenvalue weighted by Gasteiger charge is 2.30. The first kappa shape index (κ1) is 28.7. The average molecular weight is 537 g/mol. The van der Waals surface area contributed by atoms with E-state index in [1.807, 2.05) is 0 Å². The summed E-state index contributed by atoms with van der Waals surface area (Å²) in [6, 6.07) is 38.0. The molecule has 0 heterocycles. The molecule has 1 saturated carbocycles. The smallest absolute Gasteiger partial charge is 0.0242 e. The van der Waals surface area contributed by atoms with Gasteiger partial charge in [-0.3, -0.25) is 0 Å². The summed E-state index contributed by atoms with van der Waals surface area (Å²) in [5, 5.41) is 0. The van der Waals surface area contributed by atoms with Crippen molar-refractivity contribution >= 4 is 0 Å². The van der Waals surface area contributed by atoms with Gasteiger partial charge in [0, 0.05) is 11.5 Å². The molecule has 0 spiro atoms. The summed E-state index contributed by atoms with van der Waals surface area (Å²) in [7, 11) is 0. The Labute approximate surface area is 248 Å². The zero-order chi connectivity index (χ0) is 28.4. The van der Waals surface area contributed by atoms with E-state index in [0.29, 0.717) is 11.8 Å². The number of rotatable bonds is 11. The van der Waals surface area contributed by atoms with Crippen LogP contribution in [0.3, 0.4) is 0 Å². The van der Waals surface area contributed by atoms with E-state index in [-0.39, 0.29) is 0 Å². The summed E-state index contributed by atoms with van der Waals surface area (Å²) in [6.07, 6.45) is 16.0. The third-order valence-corrected chi connectivity index (χ3v) is 9.17. The van der Waals surface area contributed by atoms with Crippen molar-refractivity contribution in [3.63, 3.8) is 0 Å². The fourth-order valence-corrected chi connectivity index (χ4v) is 6.78. The predicted molar refractivity (Wildman–Crippen MR) is 175 cm³/mol. The van der Waals surface area contributed by atoms with Gasteiger partial charge in [0.15, 0.2) is 0 Å². The summed E-state index contributed by atoms with van der Waals surface area (Å²) in [4.78, 5) is 0. The van der Waals surface area contributed by atoms with E-state index in [2.05, 4.69) is 116 Å². The molecule has 0 saturated heterocycles. The molecule has 0 bridgehead atoms. The fraction of sp³-hybridized carbons (Fsp3) is 0.317. The second-order valence-corrected chi connectivity index (χ2v) is 12.0. The zero-order valence-corrected chi connectivity index (χ0v) is 24.7. The highest BCUT2D eigenvalue weighted by molar-refractivity contribution is 5.36. The van der Waals surface area contributed by atoms with E-state index in [0.717, 1.165) is 43.6 Å². The number of allylic oxidation sites excluding steroid dienone is 1. The van der Waals surface area contributed by atoms with E-state index >= 15 is 0 Å². The molecule has 4 aromatic rings. The molecular formula is C41H44. The van der Waals surface area contributed by atoms with Crippen molar-refractivity contribution < 1.29 is 0 Å². The molecule has 0 N–H and O–H groups in total. The Morgan fingerprint density at radius 2 is 1.41 bits per heavy atom. The lowest BCUT2D eigenvalue weighted by molar-refractivity contribution is 0.252. The first-order valence-electron chi connectivity index (χ1n) is 15.5. The second kappa shape index (κ2) is 14.2. The van der Waals surface area contributed by atoms with Crippen molar-refractivity contribution in [1.82, 2.24) is 0 Å². The molecule has 4 aromatic carbocycles. The molecule has 1 aliphatic rings. The summed E-state index contributed by atoms with van der Waals surface area (Å²) in [6.45, 7) is 6.94. The molecule has 41 heavy (non-hydrogen) atoms. The molecule has 208 valence electrons. The van der Waals surface area contributed by atoms with Crippen molar-refractivity contribution in [2.75, 3.05) is 0 Å². The van der Waals surface area contributed by atoms with E-state index in [1.165, 1.54) is 64.6 Å². The van der Waals surface area contributed by atoms with Crippen LogP contribution in [0.4, 0.5) is 0 Å². The van der Waals surface area contributed by atoms with Crippen molar-refractivity contribution in [2.45, 2.75) is 70.6 Å². The van der Waals surface area contributed by atoms with Crippen LogP contribution < -0.4 is 0 Å². The van der Waals surface area contributed by atoms with Gasteiger partial charge in [0.05, 0.1) is 0 Å². The maximum atomic E-state index is 5.55. The minimum absolute atomic E-state index is 0.423. The molecule has 1 fully saturated rings. The Morgan fingerprint density at radius 3 is 2.10 bits per heavy atom. The molecule has 0 heteroatoms. The SMILES string of the molecule is C#Cc1ccc(CC2CCC(C(C(=C)CCc3ccccc3)c3ccc(Cc4cccc(CC)c4)cc3)CC2)cc1. The van der Waals surface area contributed by atoms with Crippen LogP contribution in [-0.4, -0.2) is 0 Å². The molecule has 0 nitrogen and oxygen atoms in total. The summed E-state index contributed by atoms with van der Waals surface area (Å²) in [5.41, 5.74) is 10.8. The standard InChI is InChI=1S/C41H44/c1-4-32-16-18-35(19-17-32)29-36-20-24-39(25-21-36)41(31(3)14-15-34-10-7-6-8-11-34)40-26-22-37(23-27-40)30-38-13-9-12-33(5-2)28-38/h1,6-13,16-19,22-23,26-28,36,39,41H,3,5,14-15,20-21,24-25,29-30H2,2H3. The van der Waals surface area contributed by atoms with Gasteiger partial charge in [-0.2, -0.15) is 0 Å². The van der Waals surface area contributed by atoms with E-state index in [4.69, 9.17) is 13.0 Å². The van der Waals surface area contributed by atoms with E-state index in [9.17, 15) is 0 Å². The average Bonchev–Trinajstić information content (AvgIpc) is 3.03. The van der Waals surface area contributed by atoms with Gasteiger partial charge in [-0.1, -0.05) is 116 Å². The Balaban J connectivity index is 1.28. The van der Waals surface area contributed by atoms with Gasteiger partial charge >= 0.3 is 0 Å². The molecule has 1 unspecified atom stereocenters. The maximum Gasteiger partial charge on any atom is 0.0242 e. The van der Waals surface area contributed by atoms with Crippen LogP contribution in [-0.2, 0) is 25.7 Å². The maximum absolute atomic E-state index is 5.55. The van der Waals surface area contributed by atoms with Crippen LogP contribution in [0.5, 0.6) is 0 Å². The van der Waals surface area contributed by atoms with Crippen LogP contribution in [0.15, 0.2) is 115 Å². The topological polar surface area (TPSA) is 0 Å². The quantitative estimate of drug-likeness (QED) is 0.132. The largest absolute Gasteiger partial charge is 0.115 e.